The fraction of sp³-hybridized carbons (Fsp3) is 0.276. The van der Waals surface area contributed by atoms with E-state index in [0.717, 1.165) is 29.7 Å². The minimum atomic E-state index is -3.75. The first-order valence-electron chi connectivity index (χ1n) is 12.6. The number of rotatable bonds is 8. The first kappa shape index (κ1) is 26.2. The summed E-state index contributed by atoms with van der Waals surface area (Å²) < 4.78 is 34.3. The second-order valence-electron chi connectivity index (χ2n) is 9.23. The van der Waals surface area contributed by atoms with Gasteiger partial charge in [-0.3, -0.25) is 14.0 Å². The van der Waals surface area contributed by atoms with E-state index in [0.29, 0.717) is 29.4 Å². The third-order valence-corrected chi connectivity index (χ3v) is 9.86. The monoisotopic (exact) mass is 549 g/mol. The van der Waals surface area contributed by atoms with Crippen molar-refractivity contribution >= 4 is 43.0 Å². The molecule has 0 radical (unpaired) electrons. The Hall–Kier alpha value is -3.40. The Morgan fingerprint density at radius 1 is 0.947 bits per heavy atom. The van der Waals surface area contributed by atoms with E-state index in [1.807, 2.05) is 36.1 Å². The molecule has 0 bridgehead atoms. The van der Waals surface area contributed by atoms with Gasteiger partial charge in [0.05, 0.1) is 22.6 Å². The van der Waals surface area contributed by atoms with Gasteiger partial charge in [-0.25, -0.2) is 8.42 Å². The van der Waals surface area contributed by atoms with Crippen LogP contribution in [-0.2, 0) is 16.6 Å². The standard InChI is InChI=1S/C29H31N3O4S2/c1-3-32(38(34,35)26-12-10-25(36-2)11-13-26)24-9-14-27-23(19-24)20-28(37-27)29(33)31-17-15-30(16-18-31)21-22-7-5-4-6-8-22/h4-14,19-20H,3,15-18,21H2,1-2H3. The number of hydrogen-bond acceptors (Lipinski definition) is 6. The van der Waals surface area contributed by atoms with E-state index in [9.17, 15) is 13.2 Å². The second kappa shape index (κ2) is 11.1. The average molecular weight is 550 g/mol. The molecule has 38 heavy (non-hydrogen) atoms. The molecule has 0 aliphatic carbocycles. The lowest BCUT2D eigenvalue weighted by atomic mass is 10.2. The summed E-state index contributed by atoms with van der Waals surface area (Å²) in [5.74, 6) is 0.631. The number of ether oxygens (including phenoxy) is 1. The summed E-state index contributed by atoms with van der Waals surface area (Å²) >= 11 is 1.45. The number of methoxy groups -OCH3 is 1. The van der Waals surface area contributed by atoms with Gasteiger partial charge in [0.2, 0.25) is 0 Å². The van der Waals surface area contributed by atoms with Gasteiger partial charge in [0.1, 0.15) is 5.75 Å². The number of carbonyl (C=O) groups is 1. The van der Waals surface area contributed by atoms with Crippen molar-refractivity contribution in [3.05, 3.63) is 89.3 Å². The highest BCUT2D eigenvalue weighted by Gasteiger charge is 2.26. The largest absolute Gasteiger partial charge is 0.497 e. The molecule has 0 unspecified atom stereocenters. The second-order valence-corrected chi connectivity index (χ2v) is 12.2. The number of nitrogens with zero attached hydrogens (tertiary/aromatic N) is 3. The van der Waals surface area contributed by atoms with Crippen molar-refractivity contribution in [2.75, 3.05) is 44.1 Å². The predicted molar refractivity (Wildman–Crippen MR) is 153 cm³/mol. The molecular formula is C29H31N3O4S2. The molecule has 1 aromatic heterocycles. The van der Waals surface area contributed by atoms with Gasteiger partial charge in [-0.15, -0.1) is 11.3 Å². The molecule has 5 rings (SSSR count). The van der Waals surface area contributed by atoms with Crippen LogP contribution in [0, 0.1) is 0 Å². The van der Waals surface area contributed by atoms with Crippen molar-refractivity contribution in [2.24, 2.45) is 0 Å². The van der Waals surface area contributed by atoms with Crippen molar-refractivity contribution in [3.63, 3.8) is 0 Å². The smallest absolute Gasteiger partial charge is 0.264 e. The van der Waals surface area contributed by atoms with Gasteiger partial charge in [0.15, 0.2) is 0 Å². The van der Waals surface area contributed by atoms with Crippen LogP contribution in [-0.4, -0.2) is 64.0 Å². The highest BCUT2D eigenvalue weighted by atomic mass is 32.2. The van der Waals surface area contributed by atoms with Crippen molar-refractivity contribution in [2.45, 2.75) is 18.4 Å². The van der Waals surface area contributed by atoms with Gasteiger partial charge < -0.3 is 9.64 Å². The predicted octanol–water partition coefficient (Wildman–Crippen LogP) is 5.08. The Morgan fingerprint density at radius 2 is 1.66 bits per heavy atom. The molecule has 7 nitrogen and oxygen atoms in total. The van der Waals surface area contributed by atoms with Crippen LogP contribution < -0.4 is 9.04 Å². The molecule has 0 N–H and O–H groups in total. The van der Waals surface area contributed by atoms with Crippen LogP contribution in [0.4, 0.5) is 5.69 Å². The first-order valence-corrected chi connectivity index (χ1v) is 14.9. The molecule has 3 aromatic carbocycles. The van der Waals surface area contributed by atoms with E-state index < -0.39 is 10.0 Å². The Morgan fingerprint density at radius 3 is 2.32 bits per heavy atom. The molecule has 4 aromatic rings. The van der Waals surface area contributed by atoms with Gasteiger partial charge in [0, 0.05) is 44.0 Å². The highest BCUT2D eigenvalue weighted by Crippen LogP contribution is 2.33. The molecule has 1 amide bonds. The molecule has 0 saturated carbocycles. The van der Waals surface area contributed by atoms with E-state index in [-0.39, 0.29) is 17.3 Å². The summed E-state index contributed by atoms with van der Waals surface area (Å²) in [6.45, 7) is 6.04. The van der Waals surface area contributed by atoms with Crippen LogP contribution in [0.25, 0.3) is 10.1 Å². The lowest BCUT2D eigenvalue weighted by Gasteiger charge is -2.34. The van der Waals surface area contributed by atoms with Crippen LogP contribution in [0.3, 0.4) is 0 Å². The SMILES string of the molecule is CCN(c1ccc2sc(C(=O)N3CCN(Cc4ccccc4)CC3)cc2c1)S(=O)(=O)c1ccc(OC)cc1. The van der Waals surface area contributed by atoms with Crippen molar-refractivity contribution in [1.29, 1.82) is 0 Å². The molecule has 198 valence electrons. The van der Waals surface area contributed by atoms with E-state index >= 15 is 0 Å². The maximum atomic E-state index is 13.4. The molecule has 0 atom stereocenters. The van der Waals surface area contributed by atoms with Crippen LogP contribution >= 0.6 is 11.3 Å². The number of piperazine rings is 1. The molecule has 1 saturated heterocycles. The van der Waals surface area contributed by atoms with Crippen molar-refractivity contribution in [3.8, 4) is 5.75 Å². The Labute approximate surface area is 227 Å². The van der Waals surface area contributed by atoms with Crippen LogP contribution in [0.15, 0.2) is 83.8 Å². The quantitative estimate of drug-likeness (QED) is 0.307. The molecule has 1 fully saturated rings. The normalized spacial score (nSPS) is 14.5. The zero-order valence-electron chi connectivity index (χ0n) is 21.5. The van der Waals surface area contributed by atoms with E-state index in [1.165, 1.54) is 21.2 Å². The summed E-state index contributed by atoms with van der Waals surface area (Å²) in [6, 6.07) is 24.2. The van der Waals surface area contributed by atoms with E-state index in [2.05, 4.69) is 29.2 Å². The molecular weight excluding hydrogens is 518 g/mol. The minimum Gasteiger partial charge on any atom is -0.497 e. The maximum absolute atomic E-state index is 13.4. The van der Waals surface area contributed by atoms with Gasteiger partial charge in [-0.2, -0.15) is 0 Å². The number of thiophene rings is 1. The summed E-state index contributed by atoms with van der Waals surface area (Å²) in [4.78, 5) is 18.5. The molecule has 0 spiro atoms. The number of sulfonamides is 1. The summed E-state index contributed by atoms with van der Waals surface area (Å²) in [6.07, 6.45) is 0. The number of amides is 1. The van der Waals surface area contributed by atoms with Gasteiger partial charge in [0.25, 0.3) is 15.9 Å². The lowest BCUT2D eigenvalue weighted by molar-refractivity contribution is 0.0633. The molecule has 1 aliphatic rings. The maximum Gasteiger partial charge on any atom is 0.264 e. The van der Waals surface area contributed by atoms with Crippen LogP contribution in [0.2, 0.25) is 0 Å². The zero-order valence-corrected chi connectivity index (χ0v) is 23.2. The summed E-state index contributed by atoms with van der Waals surface area (Å²) in [5, 5.41) is 0.863. The van der Waals surface area contributed by atoms with E-state index in [4.69, 9.17) is 4.74 Å². The number of benzene rings is 3. The van der Waals surface area contributed by atoms with Crippen molar-refractivity contribution < 1.29 is 17.9 Å². The topological polar surface area (TPSA) is 70.2 Å². The number of anilines is 1. The Bertz CT molecular complexity index is 1510. The first-order chi connectivity index (χ1) is 18.4. The zero-order chi connectivity index (χ0) is 26.7. The Kier molecular flexibility index (Phi) is 7.69. The number of hydrogen-bond donors (Lipinski definition) is 0. The third kappa shape index (κ3) is 5.41. The molecule has 2 heterocycles. The summed E-state index contributed by atoms with van der Waals surface area (Å²) in [7, 11) is -2.21. The minimum absolute atomic E-state index is 0.0327. The van der Waals surface area contributed by atoms with Gasteiger partial charge >= 0.3 is 0 Å². The fourth-order valence-corrected chi connectivity index (χ4v) is 7.24. The molecule has 1 aliphatic heterocycles. The van der Waals surface area contributed by atoms with Crippen molar-refractivity contribution in [1.82, 2.24) is 9.80 Å². The van der Waals surface area contributed by atoms with Crippen LogP contribution in [0.1, 0.15) is 22.2 Å². The Balaban J connectivity index is 1.30. The third-order valence-electron chi connectivity index (χ3n) is 6.84. The average Bonchev–Trinajstić information content (AvgIpc) is 3.37. The summed E-state index contributed by atoms with van der Waals surface area (Å²) in [5.41, 5.74) is 1.85. The van der Waals surface area contributed by atoms with Crippen LogP contribution in [0.5, 0.6) is 5.75 Å². The number of fused-ring (bicyclic) bond motifs is 1. The fourth-order valence-electron chi connectivity index (χ4n) is 4.76. The molecule has 9 heteroatoms. The highest BCUT2D eigenvalue weighted by molar-refractivity contribution is 7.92. The van der Waals surface area contributed by atoms with E-state index in [1.54, 1.807) is 37.4 Å². The number of carbonyl (C=O) groups excluding carboxylic acids is 1. The van der Waals surface area contributed by atoms with Gasteiger partial charge in [-0.1, -0.05) is 30.3 Å². The lowest BCUT2D eigenvalue weighted by Crippen LogP contribution is -2.48. The van der Waals surface area contributed by atoms with Gasteiger partial charge in [-0.05, 0) is 66.4 Å².